The van der Waals surface area contributed by atoms with Crippen LogP contribution in [-0.2, 0) is 6.54 Å². The van der Waals surface area contributed by atoms with E-state index in [1.165, 1.54) is 6.42 Å². The van der Waals surface area contributed by atoms with Gasteiger partial charge in [-0.2, -0.15) is 5.10 Å². The third-order valence-electron chi connectivity index (χ3n) is 3.37. The van der Waals surface area contributed by atoms with E-state index in [1.807, 2.05) is 6.07 Å². The number of nitrogens with zero attached hydrogens (tertiary/aromatic N) is 2. The number of likely N-dealkylation sites (tertiary alicyclic amines) is 1. The van der Waals surface area contributed by atoms with Gasteiger partial charge >= 0.3 is 6.03 Å². The van der Waals surface area contributed by atoms with Crippen LogP contribution in [0, 0.1) is 5.92 Å². The standard InChI is InChI=1S/C12H21N5O/c1-2-17-6-4-10(9-17)7-13-12(18)14-8-11-3-5-15-16-11/h3,5,10H,2,4,6-9H2,1H3,(H,15,16)(H2,13,14,18)/t10-/m1/s1. The molecule has 3 N–H and O–H groups in total. The van der Waals surface area contributed by atoms with Gasteiger partial charge in [0, 0.05) is 19.3 Å². The van der Waals surface area contributed by atoms with Crippen LogP contribution in [0.15, 0.2) is 12.3 Å². The fourth-order valence-corrected chi connectivity index (χ4v) is 2.22. The first-order valence-electron chi connectivity index (χ1n) is 6.50. The summed E-state index contributed by atoms with van der Waals surface area (Å²) in [6, 6.07) is 1.73. The first-order valence-corrected chi connectivity index (χ1v) is 6.50. The van der Waals surface area contributed by atoms with E-state index in [0.717, 1.165) is 31.9 Å². The summed E-state index contributed by atoms with van der Waals surface area (Å²) in [7, 11) is 0. The van der Waals surface area contributed by atoms with E-state index in [2.05, 4.69) is 32.7 Å². The Labute approximate surface area is 107 Å². The number of urea groups is 1. The van der Waals surface area contributed by atoms with Crippen LogP contribution in [0.2, 0.25) is 0 Å². The van der Waals surface area contributed by atoms with Gasteiger partial charge in [-0.3, -0.25) is 5.10 Å². The molecule has 1 saturated heterocycles. The highest BCUT2D eigenvalue weighted by Crippen LogP contribution is 2.14. The molecular weight excluding hydrogens is 230 g/mol. The van der Waals surface area contributed by atoms with Crippen molar-refractivity contribution in [3.05, 3.63) is 18.0 Å². The maximum absolute atomic E-state index is 11.6. The highest BCUT2D eigenvalue weighted by atomic mass is 16.2. The zero-order valence-electron chi connectivity index (χ0n) is 10.8. The molecule has 1 aliphatic heterocycles. The van der Waals surface area contributed by atoms with E-state index in [4.69, 9.17) is 0 Å². The molecule has 2 amide bonds. The Kier molecular flexibility index (Phi) is 4.58. The predicted molar refractivity (Wildman–Crippen MR) is 69.0 cm³/mol. The maximum atomic E-state index is 11.6. The Morgan fingerprint density at radius 1 is 1.61 bits per heavy atom. The van der Waals surface area contributed by atoms with Crippen LogP contribution < -0.4 is 10.6 Å². The number of carbonyl (C=O) groups is 1. The normalized spacial score (nSPS) is 19.9. The Balaban J connectivity index is 1.60. The van der Waals surface area contributed by atoms with Crippen LogP contribution in [0.25, 0.3) is 0 Å². The van der Waals surface area contributed by atoms with Gasteiger partial charge < -0.3 is 15.5 Å². The third-order valence-corrected chi connectivity index (χ3v) is 3.37. The van der Waals surface area contributed by atoms with E-state index in [1.54, 1.807) is 6.20 Å². The van der Waals surface area contributed by atoms with E-state index in [-0.39, 0.29) is 6.03 Å². The lowest BCUT2D eigenvalue weighted by Crippen LogP contribution is -2.38. The van der Waals surface area contributed by atoms with Gasteiger partial charge in [0.25, 0.3) is 0 Å². The second-order valence-electron chi connectivity index (χ2n) is 4.69. The maximum Gasteiger partial charge on any atom is 0.315 e. The lowest BCUT2D eigenvalue weighted by Gasteiger charge is -2.14. The number of carbonyl (C=O) groups excluding carboxylic acids is 1. The molecule has 100 valence electrons. The molecule has 1 aromatic rings. The van der Waals surface area contributed by atoms with Crippen molar-refractivity contribution in [1.29, 1.82) is 0 Å². The van der Waals surface area contributed by atoms with Crippen LogP contribution in [-0.4, -0.2) is 47.3 Å². The molecule has 1 atom stereocenters. The van der Waals surface area contributed by atoms with E-state index in [0.29, 0.717) is 12.5 Å². The van der Waals surface area contributed by atoms with Crippen molar-refractivity contribution in [3.63, 3.8) is 0 Å². The van der Waals surface area contributed by atoms with Crippen LogP contribution in [0.5, 0.6) is 0 Å². The molecule has 1 aromatic heterocycles. The number of aromatic nitrogens is 2. The van der Waals surface area contributed by atoms with Crippen molar-refractivity contribution < 1.29 is 4.79 Å². The zero-order valence-corrected chi connectivity index (χ0v) is 10.8. The molecule has 0 radical (unpaired) electrons. The van der Waals surface area contributed by atoms with Gasteiger partial charge in [0.1, 0.15) is 0 Å². The monoisotopic (exact) mass is 251 g/mol. The summed E-state index contributed by atoms with van der Waals surface area (Å²) in [5.74, 6) is 0.586. The average Bonchev–Trinajstić information content (AvgIpc) is 3.04. The minimum Gasteiger partial charge on any atom is -0.338 e. The highest BCUT2D eigenvalue weighted by Gasteiger charge is 2.21. The van der Waals surface area contributed by atoms with Gasteiger partial charge in [0.05, 0.1) is 12.2 Å². The number of nitrogens with one attached hydrogen (secondary N) is 3. The quantitative estimate of drug-likeness (QED) is 0.715. The Morgan fingerprint density at radius 2 is 2.50 bits per heavy atom. The molecule has 0 unspecified atom stereocenters. The van der Waals surface area contributed by atoms with Gasteiger partial charge in [0.2, 0.25) is 0 Å². The molecular formula is C12H21N5O. The molecule has 1 aliphatic rings. The lowest BCUT2D eigenvalue weighted by molar-refractivity contribution is 0.238. The Morgan fingerprint density at radius 3 is 3.17 bits per heavy atom. The molecule has 0 bridgehead atoms. The number of aromatic amines is 1. The number of H-pyrrole nitrogens is 1. The van der Waals surface area contributed by atoms with Crippen LogP contribution in [0.1, 0.15) is 19.0 Å². The van der Waals surface area contributed by atoms with Crippen molar-refractivity contribution in [3.8, 4) is 0 Å². The Bertz CT molecular complexity index is 365. The van der Waals surface area contributed by atoms with Crippen molar-refractivity contribution in [2.24, 2.45) is 5.92 Å². The second kappa shape index (κ2) is 6.39. The number of hydrogen-bond acceptors (Lipinski definition) is 3. The summed E-state index contributed by atoms with van der Waals surface area (Å²) >= 11 is 0. The number of hydrogen-bond donors (Lipinski definition) is 3. The smallest absolute Gasteiger partial charge is 0.315 e. The first kappa shape index (κ1) is 12.9. The van der Waals surface area contributed by atoms with Crippen molar-refractivity contribution >= 4 is 6.03 Å². The van der Waals surface area contributed by atoms with Crippen molar-refractivity contribution in [2.45, 2.75) is 19.9 Å². The van der Waals surface area contributed by atoms with Crippen LogP contribution >= 0.6 is 0 Å². The zero-order chi connectivity index (χ0) is 12.8. The predicted octanol–water partition coefficient (Wildman–Crippen LogP) is 0.551. The van der Waals surface area contributed by atoms with E-state index in [9.17, 15) is 4.79 Å². The number of rotatable bonds is 5. The third kappa shape index (κ3) is 3.73. The van der Waals surface area contributed by atoms with E-state index < -0.39 is 0 Å². The Hall–Kier alpha value is -1.56. The molecule has 6 heteroatoms. The first-order chi connectivity index (χ1) is 8.78. The molecule has 6 nitrogen and oxygen atoms in total. The molecule has 2 heterocycles. The van der Waals surface area contributed by atoms with Gasteiger partial charge in [0.15, 0.2) is 0 Å². The largest absolute Gasteiger partial charge is 0.338 e. The molecule has 2 rings (SSSR count). The molecule has 18 heavy (non-hydrogen) atoms. The summed E-state index contributed by atoms with van der Waals surface area (Å²) in [6.07, 6.45) is 2.85. The topological polar surface area (TPSA) is 73.1 Å². The van der Waals surface area contributed by atoms with Crippen molar-refractivity contribution in [1.82, 2.24) is 25.7 Å². The van der Waals surface area contributed by atoms with Gasteiger partial charge in [-0.15, -0.1) is 0 Å². The highest BCUT2D eigenvalue weighted by molar-refractivity contribution is 5.73. The van der Waals surface area contributed by atoms with Gasteiger partial charge in [-0.1, -0.05) is 6.92 Å². The van der Waals surface area contributed by atoms with Gasteiger partial charge in [-0.05, 0) is 31.5 Å². The van der Waals surface area contributed by atoms with Crippen molar-refractivity contribution in [2.75, 3.05) is 26.2 Å². The van der Waals surface area contributed by atoms with E-state index >= 15 is 0 Å². The summed E-state index contributed by atoms with van der Waals surface area (Å²) < 4.78 is 0. The fourth-order valence-electron chi connectivity index (χ4n) is 2.22. The molecule has 0 saturated carbocycles. The lowest BCUT2D eigenvalue weighted by atomic mass is 10.1. The molecule has 0 aromatic carbocycles. The summed E-state index contributed by atoms with van der Waals surface area (Å²) in [4.78, 5) is 14.0. The number of amides is 2. The minimum atomic E-state index is -0.112. The minimum absolute atomic E-state index is 0.112. The second-order valence-corrected chi connectivity index (χ2v) is 4.69. The molecule has 0 aliphatic carbocycles. The van der Waals surface area contributed by atoms with Crippen LogP contribution in [0.3, 0.4) is 0 Å². The van der Waals surface area contributed by atoms with Crippen LogP contribution in [0.4, 0.5) is 4.79 Å². The molecule has 1 fully saturated rings. The molecule has 0 spiro atoms. The summed E-state index contributed by atoms with van der Waals surface area (Å²) in [5.41, 5.74) is 0.906. The van der Waals surface area contributed by atoms with Gasteiger partial charge in [-0.25, -0.2) is 4.79 Å². The summed E-state index contributed by atoms with van der Waals surface area (Å²) in [5, 5.41) is 12.3. The SMILES string of the molecule is CCN1CC[C@H](CNC(=O)NCc2ccn[nH]2)C1. The average molecular weight is 251 g/mol. The fraction of sp³-hybridized carbons (Fsp3) is 0.667. The summed E-state index contributed by atoms with van der Waals surface area (Å²) in [6.45, 7) is 6.76.